The van der Waals surface area contributed by atoms with E-state index in [0.29, 0.717) is 55.5 Å². The van der Waals surface area contributed by atoms with Crippen molar-refractivity contribution in [2.45, 2.75) is 13.2 Å². The van der Waals surface area contributed by atoms with Crippen LogP contribution in [0.5, 0.6) is 5.75 Å². The topological polar surface area (TPSA) is 32.8 Å². The molecule has 32 heavy (non-hydrogen) atoms. The van der Waals surface area contributed by atoms with Gasteiger partial charge in [-0.25, -0.2) is 8.78 Å². The normalized spacial score (nSPS) is 14.4. The Balaban J connectivity index is 1.28. The highest BCUT2D eigenvalue weighted by atomic mass is 35.5. The van der Waals surface area contributed by atoms with Crippen molar-refractivity contribution < 1.29 is 18.3 Å². The van der Waals surface area contributed by atoms with E-state index in [4.69, 9.17) is 16.3 Å². The first-order valence-corrected chi connectivity index (χ1v) is 10.8. The summed E-state index contributed by atoms with van der Waals surface area (Å²) in [7, 11) is 0. The molecule has 0 spiro atoms. The molecule has 0 radical (unpaired) electrons. The highest BCUT2D eigenvalue weighted by Gasteiger charge is 2.23. The molecule has 0 aliphatic carbocycles. The van der Waals surface area contributed by atoms with Crippen LogP contribution in [0.4, 0.5) is 8.78 Å². The molecule has 1 heterocycles. The molecular weight excluding hydrogens is 434 g/mol. The highest BCUT2D eigenvalue weighted by molar-refractivity contribution is 6.30. The first-order valence-electron chi connectivity index (χ1n) is 10.4. The van der Waals surface area contributed by atoms with Gasteiger partial charge in [-0.3, -0.25) is 9.69 Å². The van der Waals surface area contributed by atoms with E-state index in [-0.39, 0.29) is 5.91 Å². The third kappa shape index (κ3) is 5.44. The summed E-state index contributed by atoms with van der Waals surface area (Å²) in [6, 6.07) is 18.7. The van der Waals surface area contributed by atoms with Gasteiger partial charge >= 0.3 is 0 Å². The van der Waals surface area contributed by atoms with Gasteiger partial charge in [-0.1, -0.05) is 35.9 Å². The molecule has 3 aromatic carbocycles. The van der Waals surface area contributed by atoms with Gasteiger partial charge in [0.2, 0.25) is 0 Å². The third-order valence-corrected chi connectivity index (χ3v) is 5.76. The first-order chi connectivity index (χ1) is 15.5. The number of hydrogen-bond acceptors (Lipinski definition) is 3. The maximum absolute atomic E-state index is 13.9. The van der Waals surface area contributed by atoms with Crippen LogP contribution in [0.1, 0.15) is 21.5 Å². The van der Waals surface area contributed by atoms with Gasteiger partial charge in [-0.2, -0.15) is 0 Å². The molecule has 166 valence electrons. The second kappa shape index (κ2) is 10.1. The van der Waals surface area contributed by atoms with Crippen molar-refractivity contribution in [3.63, 3.8) is 0 Å². The maximum atomic E-state index is 13.9. The van der Waals surface area contributed by atoms with E-state index in [9.17, 15) is 13.6 Å². The Labute approximate surface area is 191 Å². The van der Waals surface area contributed by atoms with Crippen molar-refractivity contribution in [3.05, 3.63) is 100 Å². The second-order valence-electron chi connectivity index (χ2n) is 7.72. The number of piperazine rings is 1. The van der Waals surface area contributed by atoms with Crippen LogP contribution in [0.3, 0.4) is 0 Å². The van der Waals surface area contributed by atoms with Crippen molar-refractivity contribution >= 4 is 17.5 Å². The molecule has 0 saturated carbocycles. The molecule has 1 fully saturated rings. The van der Waals surface area contributed by atoms with Crippen LogP contribution in [0.2, 0.25) is 5.02 Å². The zero-order valence-electron chi connectivity index (χ0n) is 17.4. The van der Waals surface area contributed by atoms with Gasteiger partial charge in [-0.05, 0) is 48.0 Å². The molecule has 0 N–H and O–H groups in total. The van der Waals surface area contributed by atoms with Crippen LogP contribution in [0.25, 0.3) is 0 Å². The Hall–Kier alpha value is -2.96. The molecule has 1 aliphatic heterocycles. The fraction of sp³-hybridized carbons (Fsp3) is 0.240. The Bertz CT molecular complexity index is 1070. The van der Waals surface area contributed by atoms with E-state index in [1.807, 2.05) is 29.2 Å². The lowest BCUT2D eigenvalue weighted by Gasteiger charge is -2.34. The average molecular weight is 457 g/mol. The number of amides is 1. The van der Waals surface area contributed by atoms with Crippen LogP contribution in [0, 0.1) is 11.6 Å². The van der Waals surface area contributed by atoms with Gasteiger partial charge in [0.15, 0.2) is 11.6 Å². The Morgan fingerprint density at radius 2 is 1.59 bits per heavy atom. The van der Waals surface area contributed by atoms with Crippen LogP contribution >= 0.6 is 11.6 Å². The summed E-state index contributed by atoms with van der Waals surface area (Å²) in [5, 5.41) is 0.655. The van der Waals surface area contributed by atoms with Crippen LogP contribution in [0.15, 0.2) is 66.7 Å². The molecule has 4 rings (SSSR count). The average Bonchev–Trinajstić information content (AvgIpc) is 2.82. The highest BCUT2D eigenvalue weighted by Crippen LogP contribution is 2.18. The van der Waals surface area contributed by atoms with Crippen molar-refractivity contribution in [2.75, 3.05) is 26.2 Å². The second-order valence-corrected chi connectivity index (χ2v) is 8.16. The van der Waals surface area contributed by atoms with Crippen molar-refractivity contribution in [3.8, 4) is 5.75 Å². The Morgan fingerprint density at radius 1 is 0.906 bits per heavy atom. The fourth-order valence-electron chi connectivity index (χ4n) is 3.64. The zero-order chi connectivity index (χ0) is 22.5. The van der Waals surface area contributed by atoms with E-state index >= 15 is 0 Å². The molecule has 0 aromatic heterocycles. The van der Waals surface area contributed by atoms with E-state index in [1.54, 1.807) is 35.2 Å². The van der Waals surface area contributed by atoms with Crippen LogP contribution in [-0.4, -0.2) is 41.9 Å². The number of hydrogen-bond donors (Lipinski definition) is 0. The number of carbonyl (C=O) groups excluding carboxylic acids is 1. The van der Waals surface area contributed by atoms with Crippen molar-refractivity contribution in [2.24, 2.45) is 0 Å². The fourth-order valence-corrected chi connectivity index (χ4v) is 3.77. The monoisotopic (exact) mass is 456 g/mol. The molecule has 1 amide bonds. The van der Waals surface area contributed by atoms with Crippen LogP contribution in [-0.2, 0) is 13.2 Å². The number of halogens is 3. The maximum Gasteiger partial charge on any atom is 0.253 e. The number of benzene rings is 3. The summed E-state index contributed by atoms with van der Waals surface area (Å²) in [5.41, 5.74) is 1.91. The van der Waals surface area contributed by atoms with Gasteiger partial charge in [0.05, 0.1) is 0 Å². The van der Waals surface area contributed by atoms with Gasteiger partial charge in [-0.15, -0.1) is 0 Å². The molecule has 0 unspecified atom stereocenters. The van der Waals surface area contributed by atoms with E-state index < -0.39 is 11.6 Å². The van der Waals surface area contributed by atoms with Gasteiger partial charge in [0.25, 0.3) is 5.91 Å². The minimum absolute atomic E-state index is 0.0354. The van der Waals surface area contributed by atoms with E-state index in [0.717, 1.165) is 17.4 Å². The lowest BCUT2D eigenvalue weighted by atomic mass is 10.1. The largest absolute Gasteiger partial charge is 0.489 e. The standard InChI is InChI=1S/C25H23ClF2N2O2/c26-21-8-10-22(11-9-21)32-17-18-4-6-19(7-5-18)25(31)30-14-12-29(13-15-30)16-20-2-1-3-23(27)24(20)28/h1-11H,12-17H2. The first kappa shape index (κ1) is 22.2. The quantitative estimate of drug-likeness (QED) is 0.514. The minimum Gasteiger partial charge on any atom is -0.489 e. The Kier molecular flexibility index (Phi) is 7.02. The van der Waals surface area contributed by atoms with Crippen LogP contribution < -0.4 is 4.74 Å². The summed E-state index contributed by atoms with van der Waals surface area (Å²) < 4.78 is 33.0. The van der Waals surface area contributed by atoms with E-state index in [2.05, 4.69) is 0 Å². The number of carbonyl (C=O) groups is 1. The summed E-state index contributed by atoms with van der Waals surface area (Å²) in [5.74, 6) is -0.943. The third-order valence-electron chi connectivity index (χ3n) is 5.51. The molecular formula is C25H23ClF2N2O2. The number of nitrogens with zero attached hydrogens (tertiary/aromatic N) is 2. The molecule has 3 aromatic rings. The SMILES string of the molecule is O=C(c1ccc(COc2ccc(Cl)cc2)cc1)N1CCN(Cc2cccc(F)c2F)CC1. The number of rotatable bonds is 6. The predicted molar refractivity (Wildman–Crippen MR) is 120 cm³/mol. The van der Waals surface area contributed by atoms with Gasteiger partial charge < -0.3 is 9.64 Å². The smallest absolute Gasteiger partial charge is 0.253 e. The van der Waals surface area contributed by atoms with Crippen molar-refractivity contribution in [1.29, 1.82) is 0 Å². The Morgan fingerprint density at radius 3 is 2.28 bits per heavy atom. The minimum atomic E-state index is -0.835. The molecule has 0 bridgehead atoms. The van der Waals surface area contributed by atoms with Crippen molar-refractivity contribution in [1.82, 2.24) is 9.80 Å². The molecule has 4 nitrogen and oxygen atoms in total. The summed E-state index contributed by atoms with van der Waals surface area (Å²) >= 11 is 5.87. The molecule has 7 heteroatoms. The molecule has 0 atom stereocenters. The van der Waals surface area contributed by atoms with Gasteiger partial charge in [0, 0.05) is 48.9 Å². The predicted octanol–water partition coefficient (Wildman–Crippen LogP) is 5.16. The lowest BCUT2D eigenvalue weighted by molar-refractivity contribution is 0.0627. The summed E-state index contributed by atoms with van der Waals surface area (Å²) in [6.45, 7) is 3.01. The zero-order valence-corrected chi connectivity index (χ0v) is 18.2. The van der Waals surface area contributed by atoms with E-state index in [1.165, 1.54) is 6.07 Å². The molecule has 1 aliphatic rings. The van der Waals surface area contributed by atoms with Gasteiger partial charge in [0.1, 0.15) is 12.4 Å². The number of ether oxygens (including phenoxy) is 1. The lowest BCUT2D eigenvalue weighted by Crippen LogP contribution is -2.48. The summed E-state index contributed by atoms with van der Waals surface area (Å²) in [6.07, 6.45) is 0. The molecule has 1 saturated heterocycles. The summed E-state index contributed by atoms with van der Waals surface area (Å²) in [4.78, 5) is 16.7.